The molecule has 0 bridgehead atoms. The second-order valence-corrected chi connectivity index (χ2v) is 9.02. The van der Waals surface area contributed by atoms with Gasteiger partial charge in [0.2, 0.25) is 12.3 Å². The Balaban J connectivity index is 2.37. The second-order valence-electron chi connectivity index (χ2n) is 8.59. The van der Waals surface area contributed by atoms with Crippen LogP contribution in [0.4, 0.5) is 0 Å². The molecule has 2 amide bonds. The Hall–Kier alpha value is -4.09. The van der Waals surface area contributed by atoms with Gasteiger partial charge in [0.1, 0.15) is 23.2 Å². The quantitative estimate of drug-likeness (QED) is 0.125. The molecule has 200 valence electrons. The zero-order valence-electron chi connectivity index (χ0n) is 22.5. The number of likely N-dealkylation sites (N-methyl/N-ethyl adjacent to an activating group) is 1. The fourth-order valence-electron chi connectivity index (χ4n) is 3.53. The van der Waals surface area contributed by atoms with E-state index in [1.165, 1.54) is 11.0 Å². The van der Waals surface area contributed by atoms with Crippen molar-refractivity contribution in [2.24, 2.45) is 4.99 Å². The molecule has 0 fully saturated rings. The van der Waals surface area contributed by atoms with E-state index in [0.29, 0.717) is 53.0 Å². The number of carbonyl (C=O) groups is 2. The number of hydrogen-bond donors (Lipinski definition) is 1. The van der Waals surface area contributed by atoms with Gasteiger partial charge < -0.3 is 15.0 Å². The third-order valence-corrected chi connectivity index (χ3v) is 5.72. The maximum Gasteiger partial charge on any atom is 0.250 e. The van der Waals surface area contributed by atoms with E-state index in [4.69, 9.17) is 21.6 Å². The largest absolute Gasteiger partial charge is 0.460 e. The van der Waals surface area contributed by atoms with Crippen LogP contribution in [0.5, 0.6) is 5.75 Å². The highest BCUT2D eigenvalue weighted by Crippen LogP contribution is 2.19. The molecule has 38 heavy (non-hydrogen) atoms. The number of aliphatic imine (C=N–C) groups is 1. The molecule has 2 aromatic rings. The van der Waals surface area contributed by atoms with Crippen molar-refractivity contribution in [3.8, 4) is 11.8 Å². The van der Waals surface area contributed by atoms with Crippen LogP contribution in [0.25, 0.3) is 0 Å². The van der Waals surface area contributed by atoms with Gasteiger partial charge in [0.25, 0.3) is 0 Å². The summed E-state index contributed by atoms with van der Waals surface area (Å²) in [6.07, 6.45) is 3.39. The molecule has 0 heterocycles. The molecule has 2 aromatic carbocycles. The van der Waals surface area contributed by atoms with Crippen molar-refractivity contribution >= 4 is 29.8 Å². The summed E-state index contributed by atoms with van der Waals surface area (Å²) in [5, 5.41) is 12.9. The summed E-state index contributed by atoms with van der Waals surface area (Å²) in [6, 6.07) is 16.1. The number of benzene rings is 2. The Kier molecular flexibility index (Phi) is 12.1. The topological polar surface area (TPSA) is 98.0 Å². The molecule has 0 aliphatic heterocycles. The number of nitrogens with one attached hydrogen (secondary N) is 1. The van der Waals surface area contributed by atoms with E-state index in [1.54, 1.807) is 55.3 Å². The summed E-state index contributed by atoms with van der Waals surface area (Å²) in [5.41, 5.74) is 2.04. The molecule has 1 N–H and O–H groups in total. The van der Waals surface area contributed by atoms with Crippen molar-refractivity contribution in [2.45, 2.75) is 47.1 Å². The molecule has 0 spiro atoms. The minimum Gasteiger partial charge on any atom is -0.460 e. The number of nitrogens with zero attached hydrogens (tertiary/aromatic N) is 4. The lowest BCUT2D eigenvalue weighted by atomic mass is 10.2. The molecule has 2 rings (SSSR count). The predicted molar refractivity (Wildman–Crippen MR) is 150 cm³/mol. The van der Waals surface area contributed by atoms with Crippen molar-refractivity contribution in [3.63, 3.8) is 0 Å². The standard InChI is InChI=1S/C29H34ClN5O3/c1-6-15-34(5)29(37)17-28(35(20-36)19-23-11-13-25(30)14-12-23)33-22(4)32-21(3)27(7-2)38-26-10-8-9-24(16-26)18-31/h8-14,16-17,20H,6-7,15,19H2,1-5H3,(H,32,33)/b27-21+,28-17-. The van der Waals surface area contributed by atoms with Crippen LogP contribution in [-0.2, 0) is 16.1 Å². The lowest BCUT2D eigenvalue weighted by Crippen LogP contribution is -2.29. The van der Waals surface area contributed by atoms with E-state index >= 15 is 0 Å². The van der Waals surface area contributed by atoms with E-state index in [0.717, 1.165) is 12.0 Å². The number of hydrogen-bond acceptors (Lipinski definition) is 5. The molecule has 0 aliphatic rings. The van der Waals surface area contributed by atoms with Crippen LogP contribution in [0.2, 0.25) is 5.02 Å². The third-order valence-electron chi connectivity index (χ3n) is 5.47. The predicted octanol–water partition coefficient (Wildman–Crippen LogP) is 5.61. The Morgan fingerprint density at radius 1 is 1.18 bits per heavy atom. The molecular formula is C29H34ClN5O3. The van der Waals surface area contributed by atoms with Crippen LogP contribution in [-0.4, -0.2) is 41.5 Å². The summed E-state index contributed by atoms with van der Waals surface area (Å²) < 4.78 is 6.01. The Morgan fingerprint density at radius 2 is 1.89 bits per heavy atom. The van der Waals surface area contributed by atoms with Crippen LogP contribution in [0.1, 0.15) is 51.7 Å². The summed E-state index contributed by atoms with van der Waals surface area (Å²) in [5.74, 6) is 1.61. The van der Waals surface area contributed by atoms with E-state index in [9.17, 15) is 9.59 Å². The number of ether oxygens (including phenoxy) is 1. The van der Waals surface area contributed by atoms with E-state index < -0.39 is 0 Å². The van der Waals surface area contributed by atoms with Crippen molar-refractivity contribution in [1.29, 1.82) is 5.26 Å². The first kappa shape index (κ1) is 30.1. The maximum atomic E-state index is 12.8. The van der Waals surface area contributed by atoms with Gasteiger partial charge in [0.15, 0.2) is 0 Å². The van der Waals surface area contributed by atoms with Crippen LogP contribution in [0.3, 0.4) is 0 Å². The van der Waals surface area contributed by atoms with E-state index in [-0.39, 0.29) is 18.3 Å². The lowest BCUT2D eigenvalue weighted by Gasteiger charge is -2.21. The van der Waals surface area contributed by atoms with Crippen molar-refractivity contribution in [1.82, 2.24) is 15.1 Å². The molecule has 0 aromatic heterocycles. The fourth-order valence-corrected chi connectivity index (χ4v) is 3.66. The lowest BCUT2D eigenvalue weighted by molar-refractivity contribution is -0.124. The van der Waals surface area contributed by atoms with Gasteiger partial charge >= 0.3 is 0 Å². The minimum absolute atomic E-state index is 0.196. The van der Waals surface area contributed by atoms with Gasteiger partial charge in [0, 0.05) is 31.1 Å². The van der Waals surface area contributed by atoms with Gasteiger partial charge in [-0.2, -0.15) is 5.26 Å². The summed E-state index contributed by atoms with van der Waals surface area (Å²) in [4.78, 5) is 32.5. The van der Waals surface area contributed by atoms with Crippen LogP contribution < -0.4 is 10.1 Å². The molecule has 0 aliphatic carbocycles. The van der Waals surface area contributed by atoms with Gasteiger partial charge in [-0.15, -0.1) is 0 Å². The summed E-state index contributed by atoms with van der Waals surface area (Å²) in [7, 11) is 1.71. The fraction of sp³-hybridized carbons (Fsp3) is 0.310. The number of amidine groups is 1. The van der Waals surface area contributed by atoms with Gasteiger partial charge in [-0.25, -0.2) is 4.99 Å². The highest BCUT2D eigenvalue weighted by Gasteiger charge is 2.15. The van der Waals surface area contributed by atoms with Gasteiger partial charge in [0.05, 0.1) is 23.9 Å². The SMILES string of the molecule is CCCN(C)C(=O)/C=C(/N=C(/C)N/C(C)=C(\CC)Oc1cccc(C#N)c1)N(C=O)Cc1ccc(Cl)cc1. The van der Waals surface area contributed by atoms with E-state index in [2.05, 4.69) is 16.4 Å². The van der Waals surface area contributed by atoms with Gasteiger partial charge in [-0.3, -0.25) is 14.5 Å². The maximum absolute atomic E-state index is 12.8. The van der Waals surface area contributed by atoms with Gasteiger partial charge in [-0.1, -0.05) is 43.6 Å². The number of amides is 2. The molecule has 0 unspecified atom stereocenters. The number of carbonyl (C=O) groups excluding carboxylic acids is 2. The smallest absolute Gasteiger partial charge is 0.250 e. The van der Waals surface area contributed by atoms with Crippen LogP contribution >= 0.6 is 11.6 Å². The third kappa shape index (κ3) is 9.41. The number of rotatable bonds is 12. The first-order valence-electron chi connectivity index (χ1n) is 12.3. The molecule has 8 nitrogen and oxygen atoms in total. The van der Waals surface area contributed by atoms with Crippen molar-refractivity contribution in [2.75, 3.05) is 13.6 Å². The monoisotopic (exact) mass is 535 g/mol. The number of nitriles is 1. The zero-order chi connectivity index (χ0) is 28.1. The van der Waals surface area contributed by atoms with Crippen LogP contribution in [0, 0.1) is 11.3 Å². The zero-order valence-corrected chi connectivity index (χ0v) is 23.2. The Morgan fingerprint density at radius 3 is 2.50 bits per heavy atom. The molecule has 0 saturated carbocycles. The van der Waals surface area contributed by atoms with Crippen molar-refractivity contribution < 1.29 is 14.3 Å². The second kappa shape index (κ2) is 15.2. The van der Waals surface area contributed by atoms with Crippen molar-refractivity contribution in [3.05, 3.63) is 88.0 Å². The highest BCUT2D eigenvalue weighted by atomic mass is 35.5. The first-order chi connectivity index (χ1) is 18.2. The summed E-state index contributed by atoms with van der Waals surface area (Å²) >= 11 is 6.00. The molecule has 9 heteroatoms. The minimum atomic E-state index is -0.261. The normalized spacial score (nSPS) is 12.2. The average molecular weight is 536 g/mol. The Bertz CT molecular complexity index is 1250. The average Bonchev–Trinajstić information content (AvgIpc) is 2.91. The molecule has 0 atom stereocenters. The number of allylic oxidation sites excluding steroid dienone is 2. The molecule has 0 saturated heterocycles. The first-order valence-corrected chi connectivity index (χ1v) is 12.7. The van der Waals surface area contributed by atoms with Gasteiger partial charge in [-0.05, 0) is 56.2 Å². The number of halogens is 1. The van der Waals surface area contributed by atoms with Crippen LogP contribution in [0.15, 0.2) is 76.9 Å². The highest BCUT2D eigenvalue weighted by molar-refractivity contribution is 6.30. The summed E-state index contributed by atoms with van der Waals surface area (Å²) in [6.45, 7) is 8.31. The Labute approximate surface area is 229 Å². The van der Waals surface area contributed by atoms with E-state index in [1.807, 2.05) is 32.9 Å². The molecular weight excluding hydrogens is 502 g/mol. The molecule has 0 radical (unpaired) electrons.